The highest BCUT2D eigenvalue weighted by Crippen LogP contribution is 2.20. The molecule has 0 saturated heterocycles. The molecule has 3 rings (SSSR count). The van der Waals surface area contributed by atoms with Crippen LogP contribution >= 0.6 is 11.6 Å². The van der Waals surface area contributed by atoms with E-state index in [0.717, 1.165) is 0 Å². The van der Waals surface area contributed by atoms with Crippen molar-refractivity contribution in [2.24, 2.45) is 0 Å². The van der Waals surface area contributed by atoms with E-state index in [2.05, 4.69) is 10.0 Å². The van der Waals surface area contributed by atoms with Gasteiger partial charge in [0.05, 0.1) is 31.4 Å². The van der Waals surface area contributed by atoms with Crippen molar-refractivity contribution in [2.75, 3.05) is 25.1 Å². The minimum atomic E-state index is -3.96. The van der Waals surface area contributed by atoms with Gasteiger partial charge in [0.25, 0.3) is 0 Å². The van der Waals surface area contributed by atoms with Crippen LogP contribution in [0.5, 0.6) is 5.75 Å². The molecule has 3 aromatic rings. The minimum absolute atomic E-state index is 0.0353. The van der Waals surface area contributed by atoms with Gasteiger partial charge in [-0.1, -0.05) is 11.6 Å². The number of hydrogen-bond acceptors (Lipinski definition) is 6. The molecule has 33 heavy (non-hydrogen) atoms. The van der Waals surface area contributed by atoms with E-state index in [1.165, 1.54) is 42.5 Å². The van der Waals surface area contributed by atoms with Crippen LogP contribution in [0.2, 0.25) is 5.02 Å². The van der Waals surface area contributed by atoms with Gasteiger partial charge in [-0.25, -0.2) is 13.1 Å². The second-order valence-corrected chi connectivity index (χ2v) is 9.02. The Morgan fingerprint density at radius 1 is 1.06 bits per heavy atom. The summed E-state index contributed by atoms with van der Waals surface area (Å²) in [7, 11) is -2.45. The number of amides is 2. The molecule has 11 heteroatoms. The molecule has 0 aliphatic carbocycles. The van der Waals surface area contributed by atoms with E-state index in [0.29, 0.717) is 22.2 Å². The first-order valence-electron chi connectivity index (χ1n) is 9.77. The summed E-state index contributed by atoms with van der Waals surface area (Å²) in [6.07, 6.45) is 1.49. The molecule has 2 amide bonds. The molecular formula is C22H22ClN3O6S. The van der Waals surface area contributed by atoms with Gasteiger partial charge < -0.3 is 19.4 Å². The van der Waals surface area contributed by atoms with Crippen LogP contribution in [0.25, 0.3) is 0 Å². The maximum atomic E-state index is 12.9. The number of nitrogens with zero attached hydrogens (tertiary/aromatic N) is 1. The number of rotatable bonds is 10. The largest absolute Gasteiger partial charge is 0.497 e. The van der Waals surface area contributed by atoms with Gasteiger partial charge in [0.2, 0.25) is 21.8 Å². The zero-order chi connectivity index (χ0) is 23.8. The number of furan rings is 1. The molecular weight excluding hydrogens is 470 g/mol. The van der Waals surface area contributed by atoms with Crippen molar-refractivity contribution in [3.63, 3.8) is 0 Å². The summed E-state index contributed by atoms with van der Waals surface area (Å²) in [5, 5.41) is 3.05. The van der Waals surface area contributed by atoms with Crippen LogP contribution in [0.4, 0.5) is 5.69 Å². The zero-order valence-electron chi connectivity index (χ0n) is 17.7. The van der Waals surface area contributed by atoms with Crippen molar-refractivity contribution in [3.8, 4) is 5.75 Å². The van der Waals surface area contributed by atoms with E-state index in [9.17, 15) is 18.0 Å². The molecule has 0 unspecified atom stereocenters. The lowest BCUT2D eigenvalue weighted by Gasteiger charge is -2.23. The number of methoxy groups -OCH3 is 1. The maximum absolute atomic E-state index is 12.9. The number of ether oxygens (including phenoxy) is 1. The summed E-state index contributed by atoms with van der Waals surface area (Å²) in [6.45, 7) is -0.726. The van der Waals surface area contributed by atoms with Crippen molar-refractivity contribution in [1.29, 1.82) is 0 Å². The lowest BCUT2D eigenvalue weighted by Crippen LogP contribution is -2.45. The molecule has 0 aliphatic heterocycles. The van der Waals surface area contributed by atoms with Crippen molar-refractivity contribution >= 4 is 39.1 Å². The third-order valence-electron chi connectivity index (χ3n) is 4.56. The molecule has 1 aromatic heterocycles. The van der Waals surface area contributed by atoms with Crippen LogP contribution in [0, 0.1) is 0 Å². The Kier molecular flexibility index (Phi) is 8.10. The van der Waals surface area contributed by atoms with Crippen molar-refractivity contribution < 1.29 is 27.2 Å². The number of anilines is 1. The van der Waals surface area contributed by atoms with Gasteiger partial charge in [-0.05, 0) is 60.7 Å². The van der Waals surface area contributed by atoms with Crippen LogP contribution in [0.1, 0.15) is 5.76 Å². The number of carbonyl (C=O) groups excluding carboxylic acids is 2. The normalized spacial score (nSPS) is 11.1. The summed E-state index contributed by atoms with van der Waals surface area (Å²) in [5.41, 5.74) is 0.402. The lowest BCUT2D eigenvalue weighted by molar-refractivity contribution is -0.123. The molecule has 2 N–H and O–H groups in total. The summed E-state index contributed by atoms with van der Waals surface area (Å²) in [4.78, 5) is 26.6. The van der Waals surface area contributed by atoms with E-state index in [1.807, 2.05) is 0 Å². The molecule has 0 atom stereocenters. The Bertz CT molecular complexity index is 1180. The van der Waals surface area contributed by atoms with Gasteiger partial charge in [-0.2, -0.15) is 0 Å². The molecule has 0 bridgehead atoms. The average Bonchev–Trinajstić information content (AvgIpc) is 3.34. The Balaban J connectivity index is 1.71. The molecule has 0 fully saturated rings. The van der Waals surface area contributed by atoms with Gasteiger partial charge in [0.15, 0.2) is 0 Å². The van der Waals surface area contributed by atoms with Crippen LogP contribution in [0.3, 0.4) is 0 Å². The van der Waals surface area contributed by atoms with Crippen LogP contribution < -0.4 is 19.7 Å². The number of sulfonamides is 1. The standard InChI is InChI=1S/C22H22ClN3O6S/c1-31-18-8-6-17(7-9-18)26(15-21(27)24-13-19-3-2-12-32-19)22(28)14-25-33(29,30)20-10-4-16(23)5-11-20/h2-12,25H,13-15H2,1H3,(H,24,27). The average molecular weight is 492 g/mol. The van der Waals surface area contributed by atoms with Gasteiger partial charge in [0.1, 0.15) is 18.1 Å². The zero-order valence-corrected chi connectivity index (χ0v) is 19.2. The van der Waals surface area contributed by atoms with Crippen LogP contribution in [0.15, 0.2) is 76.2 Å². The summed E-state index contributed by atoms with van der Waals surface area (Å²) in [5.74, 6) is 0.0558. The van der Waals surface area contributed by atoms with Gasteiger partial charge in [-0.15, -0.1) is 0 Å². The molecule has 0 aliphatic rings. The number of halogens is 1. The molecule has 0 saturated carbocycles. The van der Waals surface area contributed by atoms with E-state index < -0.39 is 28.4 Å². The molecule has 2 aromatic carbocycles. The van der Waals surface area contributed by atoms with Gasteiger partial charge in [0, 0.05) is 10.7 Å². The fraction of sp³-hybridized carbons (Fsp3) is 0.182. The summed E-state index contributed by atoms with van der Waals surface area (Å²) >= 11 is 5.80. The first-order chi connectivity index (χ1) is 15.8. The monoisotopic (exact) mass is 491 g/mol. The Morgan fingerprint density at radius 2 is 1.76 bits per heavy atom. The molecule has 174 valence electrons. The predicted molar refractivity (Wildman–Crippen MR) is 123 cm³/mol. The highest BCUT2D eigenvalue weighted by Gasteiger charge is 2.22. The highest BCUT2D eigenvalue weighted by molar-refractivity contribution is 7.89. The fourth-order valence-electron chi connectivity index (χ4n) is 2.83. The topological polar surface area (TPSA) is 118 Å². The van der Waals surface area contributed by atoms with E-state index in [1.54, 1.807) is 36.4 Å². The SMILES string of the molecule is COc1ccc(N(CC(=O)NCc2ccco2)C(=O)CNS(=O)(=O)c2ccc(Cl)cc2)cc1. The first-order valence-corrected chi connectivity index (χ1v) is 11.6. The second kappa shape index (κ2) is 11.0. The van der Waals surface area contributed by atoms with E-state index >= 15 is 0 Å². The first kappa shape index (κ1) is 24.3. The lowest BCUT2D eigenvalue weighted by atomic mass is 10.2. The minimum Gasteiger partial charge on any atom is -0.497 e. The van der Waals surface area contributed by atoms with Crippen molar-refractivity contribution in [2.45, 2.75) is 11.4 Å². The number of nitrogens with one attached hydrogen (secondary N) is 2. The number of benzene rings is 2. The molecule has 9 nitrogen and oxygen atoms in total. The predicted octanol–water partition coefficient (Wildman–Crippen LogP) is 2.57. The third kappa shape index (κ3) is 6.82. The highest BCUT2D eigenvalue weighted by atomic mass is 35.5. The van der Waals surface area contributed by atoms with E-state index in [-0.39, 0.29) is 18.0 Å². The van der Waals surface area contributed by atoms with Crippen LogP contribution in [-0.4, -0.2) is 40.4 Å². The summed E-state index contributed by atoms with van der Waals surface area (Å²) in [6, 6.07) is 15.4. The Hall–Kier alpha value is -3.34. The summed E-state index contributed by atoms with van der Waals surface area (Å²) < 4.78 is 37.6. The Morgan fingerprint density at radius 3 is 2.36 bits per heavy atom. The van der Waals surface area contributed by atoms with E-state index in [4.69, 9.17) is 20.8 Å². The fourth-order valence-corrected chi connectivity index (χ4v) is 3.93. The number of hydrogen-bond donors (Lipinski definition) is 2. The third-order valence-corrected chi connectivity index (χ3v) is 6.23. The van der Waals surface area contributed by atoms with Gasteiger partial charge >= 0.3 is 0 Å². The van der Waals surface area contributed by atoms with Gasteiger partial charge in [-0.3, -0.25) is 9.59 Å². The molecule has 0 radical (unpaired) electrons. The van der Waals surface area contributed by atoms with Crippen molar-refractivity contribution in [3.05, 3.63) is 77.7 Å². The van der Waals surface area contributed by atoms with Crippen LogP contribution in [-0.2, 0) is 26.2 Å². The molecule has 1 heterocycles. The maximum Gasteiger partial charge on any atom is 0.242 e. The molecule has 0 spiro atoms. The van der Waals surface area contributed by atoms with Crippen molar-refractivity contribution in [1.82, 2.24) is 10.0 Å². The smallest absolute Gasteiger partial charge is 0.242 e. The second-order valence-electron chi connectivity index (χ2n) is 6.81. The number of carbonyl (C=O) groups is 2. The Labute approximate surface area is 196 Å². The quantitative estimate of drug-likeness (QED) is 0.450.